The number of anilines is 2. The predicted molar refractivity (Wildman–Crippen MR) is 125 cm³/mol. The van der Waals surface area contributed by atoms with Crippen molar-refractivity contribution in [2.45, 2.75) is 43.8 Å². The van der Waals surface area contributed by atoms with Crippen molar-refractivity contribution in [3.63, 3.8) is 0 Å². The summed E-state index contributed by atoms with van der Waals surface area (Å²) in [4.78, 5) is 32.3. The maximum Gasteiger partial charge on any atom is 0.262 e. The quantitative estimate of drug-likeness (QED) is 0.290. The molecule has 31 heavy (non-hydrogen) atoms. The van der Waals surface area contributed by atoms with Gasteiger partial charge in [-0.1, -0.05) is 23.4 Å². The normalized spacial score (nSPS) is 11.4. The number of hydrogen-bond acceptors (Lipinski definition) is 9. The molecular weight excluding hydrogens is 438 g/mol. The van der Waals surface area contributed by atoms with Gasteiger partial charge in [0.15, 0.2) is 5.16 Å². The molecule has 3 aromatic rings. The van der Waals surface area contributed by atoms with Gasteiger partial charge in [0, 0.05) is 32.3 Å². The van der Waals surface area contributed by atoms with Crippen LogP contribution in [0, 0.1) is 0 Å². The second kappa shape index (κ2) is 10.3. The van der Waals surface area contributed by atoms with Crippen LogP contribution in [0.25, 0.3) is 10.9 Å². The molecule has 0 unspecified atom stereocenters. The van der Waals surface area contributed by atoms with Crippen LogP contribution in [0.3, 0.4) is 0 Å². The Balaban J connectivity index is 1.91. The number of ether oxygens (including phenoxy) is 1. The van der Waals surface area contributed by atoms with Crippen molar-refractivity contribution >= 4 is 46.2 Å². The summed E-state index contributed by atoms with van der Waals surface area (Å²) in [5, 5.41) is 1.62. The van der Waals surface area contributed by atoms with Gasteiger partial charge in [-0.05, 0) is 38.5 Å². The van der Waals surface area contributed by atoms with Crippen molar-refractivity contribution in [2.24, 2.45) is 0 Å². The first-order valence-electron chi connectivity index (χ1n) is 9.87. The zero-order chi connectivity index (χ0) is 22.5. The van der Waals surface area contributed by atoms with E-state index in [4.69, 9.17) is 27.1 Å². The van der Waals surface area contributed by atoms with Crippen LogP contribution >= 0.6 is 23.4 Å². The zero-order valence-electron chi connectivity index (χ0n) is 18.0. The van der Waals surface area contributed by atoms with Crippen LogP contribution in [-0.2, 0) is 17.0 Å². The first kappa shape index (κ1) is 23.2. The lowest BCUT2D eigenvalue weighted by molar-refractivity contribution is 0.0743. The highest BCUT2D eigenvalue weighted by atomic mass is 35.5. The smallest absolute Gasteiger partial charge is 0.262 e. The van der Waals surface area contributed by atoms with Crippen molar-refractivity contribution in [3.8, 4) is 0 Å². The van der Waals surface area contributed by atoms with Gasteiger partial charge in [-0.2, -0.15) is 15.0 Å². The van der Waals surface area contributed by atoms with Crippen LogP contribution in [0.5, 0.6) is 0 Å². The van der Waals surface area contributed by atoms with Gasteiger partial charge in [0.05, 0.1) is 22.8 Å². The van der Waals surface area contributed by atoms with E-state index >= 15 is 0 Å². The van der Waals surface area contributed by atoms with Crippen molar-refractivity contribution < 1.29 is 4.74 Å². The summed E-state index contributed by atoms with van der Waals surface area (Å²) in [5.74, 6) is 1.52. The second-order valence-corrected chi connectivity index (χ2v) is 8.76. The Morgan fingerprint density at radius 1 is 1.23 bits per heavy atom. The Kier molecular flexibility index (Phi) is 7.69. The summed E-state index contributed by atoms with van der Waals surface area (Å²) in [5.41, 5.74) is 6.26. The fourth-order valence-electron chi connectivity index (χ4n) is 2.84. The van der Waals surface area contributed by atoms with Gasteiger partial charge >= 0.3 is 0 Å². The van der Waals surface area contributed by atoms with E-state index in [0.717, 1.165) is 0 Å². The summed E-state index contributed by atoms with van der Waals surface area (Å²) in [6.45, 7) is 5.01. The number of nitrogen functional groups attached to an aromatic ring is 1. The Labute approximate surface area is 190 Å². The zero-order valence-corrected chi connectivity index (χ0v) is 19.6. The van der Waals surface area contributed by atoms with Gasteiger partial charge in [0.25, 0.3) is 5.56 Å². The third kappa shape index (κ3) is 6.05. The van der Waals surface area contributed by atoms with E-state index in [2.05, 4.69) is 15.0 Å². The van der Waals surface area contributed by atoms with Crippen LogP contribution in [0.15, 0.2) is 28.2 Å². The van der Waals surface area contributed by atoms with Gasteiger partial charge in [-0.3, -0.25) is 9.36 Å². The molecule has 0 amide bonds. The number of benzene rings is 1. The third-order valence-electron chi connectivity index (χ3n) is 4.28. The number of thioether (sulfide) groups is 1. The average Bonchev–Trinajstić information content (AvgIpc) is 2.70. The largest absolute Gasteiger partial charge is 0.379 e. The third-order valence-corrected chi connectivity index (χ3v) is 5.48. The molecule has 9 nitrogen and oxygen atoms in total. The van der Waals surface area contributed by atoms with Crippen LogP contribution < -0.4 is 16.2 Å². The van der Waals surface area contributed by atoms with E-state index in [1.807, 2.05) is 27.9 Å². The highest BCUT2D eigenvalue weighted by Crippen LogP contribution is 2.23. The lowest BCUT2D eigenvalue weighted by Crippen LogP contribution is -2.24. The molecule has 1 aromatic carbocycles. The molecule has 0 aliphatic heterocycles. The van der Waals surface area contributed by atoms with E-state index in [-0.39, 0.29) is 17.6 Å². The summed E-state index contributed by atoms with van der Waals surface area (Å²) in [6, 6.07) is 5.10. The number of aromatic nitrogens is 5. The van der Waals surface area contributed by atoms with Crippen LogP contribution in [0.4, 0.5) is 11.9 Å². The van der Waals surface area contributed by atoms with Gasteiger partial charge < -0.3 is 15.4 Å². The molecule has 0 aliphatic rings. The minimum absolute atomic E-state index is 0.113. The van der Waals surface area contributed by atoms with E-state index in [0.29, 0.717) is 58.2 Å². The lowest BCUT2D eigenvalue weighted by atomic mass is 10.2. The van der Waals surface area contributed by atoms with Crippen molar-refractivity contribution in [2.75, 3.05) is 31.3 Å². The Bertz CT molecular complexity index is 1120. The minimum Gasteiger partial charge on any atom is -0.379 e. The van der Waals surface area contributed by atoms with Gasteiger partial charge in [-0.25, -0.2) is 4.98 Å². The number of nitrogens with zero attached hydrogens (tertiary/aromatic N) is 6. The maximum atomic E-state index is 13.2. The summed E-state index contributed by atoms with van der Waals surface area (Å²) < 4.78 is 7.29. The number of hydrogen-bond donors (Lipinski definition) is 1. The molecule has 0 spiro atoms. The van der Waals surface area contributed by atoms with Crippen LogP contribution in [0.1, 0.15) is 26.1 Å². The van der Waals surface area contributed by atoms with Gasteiger partial charge in [0.1, 0.15) is 5.82 Å². The molecule has 0 aliphatic carbocycles. The van der Waals surface area contributed by atoms with Crippen molar-refractivity contribution in [3.05, 3.63) is 39.4 Å². The predicted octanol–water partition coefficient (Wildman–Crippen LogP) is 2.99. The Hall–Kier alpha value is -2.43. The van der Waals surface area contributed by atoms with Gasteiger partial charge in [0.2, 0.25) is 11.9 Å². The maximum absolute atomic E-state index is 13.2. The Morgan fingerprint density at radius 2 is 2.00 bits per heavy atom. The van der Waals surface area contributed by atoms with Crippen LogP contribution in [0.2, 0.25) is 5.02 Å². The van der Waals surface area contributed by atoms with E-state index in [1.165, 1.54) is 11.8 Å². The molecule has 0 saturated carbocycles. The van der Waals surface area contributed by atoms with E-state index in [9.17, 15) is 4.79 Å². The molecule has 3 rings (SSSR count). The molecule has 166 valence electrons. The Morgan fingerprint density at radius 3 is 2.71 bits per heavy atom. The number of halogens is 1. The number of fused-ring (bicyclic) bond motifs is 1. The minimum atomic E-state index is -0.113. The molecule has 11 heteroatoms. The number of rotatable bonds is 9. The molecular formula is C20H26ClN7O2S. The van der Waals surface area contributed by atoms with E-state index < -0.39 is 0 Å². The standard InChI is InChI=1S/C20H26ClN7O2S/c1-12(2)30-9-5-8-28-17(29)14-7-6-13(21)10-15(14)23-20(28)31-11-16-24-18(22)26-19(25-16)27(3)4/h6-7,10,12H,5,8-9,11H2,1-4H3,(H2,22,24,25,26). The fraction of sp³-hybridized carbons (Fsp3) is 0.450. The van der Waals surface area contributed by atoms with Gasteiger partial charge in [-0.15, -0.1) is 0 Å². The summed E-state index contributed by atoms with van der Waals surface area (Å²) in [6.07, 6.45) is 0.832. The molecule has 0 fully saturated rings. The molecule has 2 heterocycles. The first-order valence-corrected chi connectivity index (χ1v) is 11.2. The van der Waals surface area contributed by atoms with E-state index in [1.54, 1.807) is 27.7 Å². The molecule has 0 radical (unpaired) electrons. The van der Waals surface area contributed by atoms with Crippen LogP contribution in [-0.4, -0.2) is 51.3 Å². The number of nitrogens with two attached hydrogens (primary N) is 1. The summed E-state index contributed by atoms with van der Waals surface area (Å²) in [7, 11) is 3.66. The monoisotopic (exact) mass is 463 g/mol. The van der Waals surface area contributed by atoms with Crippen molar-refractivity contribution in [1.82, 2.24) is 24.5 Å². The SMILES string of the molecule is CC(C)OCCCn1c(SCc2nc(N)nc(N(C)C)n2)nc2cc(Cl)ccc2c1=O. The molecule has 0 atom stereocenters. The average molecular weight is 464 g/mol. The topological polar surface area (TPSA) is 112 Å². The molecule has 2 aromatic heterocycles. The first-order chi connectivity index (χ1) is 14.7. The molecule has 0 saturated heterocycles. The lowest BCUT2D eigenvalue weighted by Gasteiger charge is -2.14. The molecule has 2 N–H and O–H groups in total. The highest BCUT2D eigenvalue weighted by molar-refractivity contribution is 7.98. The fourth-order valence-corrected chi connectivity index (χ4v) is 3.89. The second-order valence-electron chi connectivity index (χ2n) is 7.38. The molecule has 0 bridgehead atoms. The summed E-state index contributed by atoms with van der Waals surface area (Å²) >= 11 is 7.48. The highest BCUT2D eigenvalue weighted by Gasteiger charge is 2.14. The van der Waals surface area contributed by atoms with Crippen molar-refractivity contribution in [1.29, 1.82) is 0 Å².